The zero-order valence-corrected chi connectivity index (χ0v) is 20.6. The molecular formula is C22H26Cl2N2O6S. The van der Waals surface area contributed by atoms with Crippen LogP contribution in [-0.4, -0.2) is 54.3 Å². The molecule has 1 fully saturated rings. The summed E-state index contributed by atoms with van der Waals surface area (Å²) in [6.07, 6.45) is 2.02. The van der Waals surface area contributed by atoms with Gasteiger partial charge in [-0.1, -0.05) is 29.3 Å². The van der Waals surface area contributed by atoms with E-state index in [0.717, 1.165) is 18.4 Å². The second-order valence-corrected chi connectivity index (χ2v) is 9.99. The van der Waals surface area contributed by atoms with E-state index in [1.807, 2.05) is 12.1 Å². The minimum Gasteiger partial charge on any atom is -0.493 e. The number of rotatable bonds is 10. The normalized spacial score (nSPS) is 15.9. The smallest absolute Gasteiger partial charge is 0.252 e. The number of hydrogen-bond acceptors (Lipinski definition) is 6. The van der Waals surface area contributed by atoms with Gasteiger partial charge in [0, 0.05) is 19.7 Å². The highest BCUT2D eigenvalue weighted by Gasteiger charge is 2.25. The first-order valence-corrected chi connectivity index (χ1v) is 12.6. The van der Waals surface area contributed by atoms with E-state index in [4.69, 9.17) is 37.4 Å². The van der Waals surface area contributed by atoms with E-state index in [1.165, 1.54) is 12.1 Å². The van der Waals surface area contributed by atoms with Crippen molar-refractivity contribution in [2.75, 3.05) is 33.9 Å². The van der Waals surface area contributed by atoms with E-state index in [1.54, 1.807) is 20.3 Å². The van der Waals surface area contributed by atoms with Crippen molar-refractivity contribution in [3.05, 3.63) is 51.5 Å². The maximum Gasteiger partial charge on any atom is 0.252 e. The molecule has 0 radical (unpaired) electrons. The lowest BCUT2D eigenvalue weighted by Crippen LogP contribution is -2.32. The van der Waals surface area contributed by atoms with Crippen molar-refractivity contribution in [2.45, 2.75) is 30.3 Å². The summed E-state index contributed by atoms with van der Waals surface area (Å²) in [4.78, 5) is 12.5. The fourth-order valence-corrected chi connectivity index (χ4v) is 5.37. The van der Waals surface area contributed by atoms with Crippen LogP contribution in [0.3, 0.4) is 0 Å². The molecule has 1 unspecified atom stereocenters. The van der Waals surface area contributed by atoms with Gasteiger partial charge in [0.2, 0.25) is 10.0 Å². The molecule has 0 aliphatic carbocycles. The van der Waals surface area contributed by atoms with Gasteiger partial charge in [0.25, 0.3) is 5.91 Å². The number of carbonyl (C=O) groups is 1. The van der Waals surface area contributed by atoms with E-state index in [2.05, 4.69) is 10.0 Å². The maximum atomic E-state index is 12.8. The number of ether oxygens (including phenoxy) is 3. The highest BCUT2D eigenvalue weighted by atomic mass is 35.5. The number of halogens is 2. The summed E-state index contributed by atoms with van der Waals surface area (Å²) < 4.78 is 44.0. The Hall–Kier alpha value is -2.04. The molecule has 0 saturated carbocycles. The fourth-order valence-electron chi connectivity index (χ4n) is 3.45. The van der Waals surface area contributed by atoms with Crippen LogP contribution in [0.25, 0.3) is 0 Å². The zero-order valence-electron chi connectivity index (χ0n) is 18.3. The average Bonchev–Trinajstić information content (AvgIpc) is 3.31. The number of carbonyl (C=O) groups excluding carboxylic acids is 1. The van der Waals surface area contributed by atoms with Crippen molar-refractivity contribution < 1.29 is 27.4 Å². The number of methoxy groups -OCH3 is 2. The number of nitrogens with one attached hydrogen (secondary N) is 2. The number of amides is 1. The first-order valence-electron chi connectivity index (χ1n) is 10.3. The van der Waals surface area contributed by atoms with Gasteiger partial charge in [-0.3, -0.25) is 4.79 Å². The monoisotopic (exact) mass is 516 g/mol. The lowest BCUT2D eigenvalue weighted by Gasteiger charge is -2.14. The zero-order chi connectivity index (χ0) is 24.0. The van der Waals surface area contributed by atoms with Gasteiger partial charge in [-0.2, -0.15) is 0 Å². The third-order valence-electron chi connectivity index (χ3n) is 5.23. The van der Waals surface area contributed by atoms with E-state index in [9.17, 15) is 13.2 Å². The Bertz CT molecular complexity index is 1100. The molecule has 1 atom stereocenters. The molecule has 1 heterocycles. The van der Waals surface area contributed by atoms with Crippen LogP contribution in [-0.2, 0) is 21.2 Å². The van der Waals surface area contributed by atoms with Gasteiger partial charge in [-0.15, -0.1) is 0 Å². The van der Waals surface area contributed by atoms with Crippen molar-refractivity contribution >= 4 is 39.1 Å². The molecule has 33 heavy (non-hydrogen) atoms. The summed E-state index contributed by atoms with van der Waals surface area (Å²) in [5, 5.41) is 2.74. The molecule has 2 aromatic rings. The van der Waals surface area contributed by atoms with Crippen molar-refractivity contribution in [2.24, 2.45) is 0 Å². The summed E-state index contributed by atoms with van der Waals surface area (Å²) in [6.45, 7) is 1.04. The van der Waals surface area contributed by atoms with Crippen molar-refractivity contribution in [1.29, 1.82) is 0 Å². The standard InChI is InChI=1S/C22H26Cl2N2O6S/c1-30-19-6-5-14(10-20(19)31-2)7-8-25-22(27)16-11-21(18(24)12-17(16)23)33(28,29)26-13-15-4-3-9-32-15/h5-6,10-12,15,26H,3-4,7-9,13H2,1-2H3,(H,25,27). The Labute approximate surface area is 203 Å². The molecule has 0 bridgehead atoms. The van der Waals surface area contributed by atoms with Crippen molar-refractivity contribution in [3.8, 4) is 11.5 Å². The number of sulfonamides is 1. The minimum atomic E-state index is -3.96. The van der Waals surface area contributed by atoms with Gasteiger partial charge in [-0.05, 0) is 49.1 Å². The minimum absolute atomic E-state index is 0.0193. The average molecular weight is 517 g/mol. The van der Waals surface area contributed by atoms with Crippen LogP contribution in [0.1, 0.15) is 28.8 Å². The third-order valence-corrected chi connectivity index (χ3v) is 7.43. The summed E-state index contributed by atoms with van der Waals surface area (Å²) in [5.74, 6) is 0.695. The molecule has 11 heteroatoms. The third kappa shape index (κ3) is 6.51. The first-order chi connectivity index (χ1) is 15.7. The molecule has 0 aromatic heterocycles. The van der Waals surface area contributed by atoms with Gasteiger partial charge in [0.05, 0.1) is 35.9 Å². The molecule has 1 amide bonds. The van der Waals surface area contributed by atoms with Crippen LogP contribution in [0.2, 0.25) is 10.0 Å². The summed E-state index contributed by atoms with van der Waals surface area (Å²) in [5.41, 5.74) is 0.947. The van der Waals surface area contributed by atoms with Crippen LogP contribution in [0.15, 0.2) is 35.2 Å². The highest BCUT2D eigenvalue weighted by Crippen LogP contribution is 2.29. The van der Waals surface area contributed by atoms with Gasteiger partial charge in [-0.25, -0.2) is 13.1 Å². The molecule has 1 aliphatic rings. The Morgan fingerprint density at radius 3 is 2.55 bits per heavy atom. The largest absolute Gasteiger partial charge is 0.493 e. The molecule has 2 N–H and O–H groups in total. The van der Waals surface area contributed by atoms with E-state index >= 15 is 0 Å². The molecular weight excluding hydrogens is 491 g/mol. The first kappa shape index (κ1) is 25.6. The Morgan fingerprint density at radius 2 is 1.88 bits per heavy atom. The Kier molecular flexibility index (Phi) is 8.83. The van der Waals surface area contributed by atoms with Crippen LogP contribution < -0.4 is 19.5 Å². The maximum absolute atomic E-state index is 12.8. The van der Waals surface area contributed by atoms with E-state index in [-0.39, 0.29) is 33.2 Å². The summed E-state index contributed by atoms with van der Waals surface area (Å²) in [7, 11) is -0.851. The van der Waals surface area contributed by atoms with Crippen molar-refractivity contribution in [1.82, 2.24) is 10.0 Å². The van der Waals surface area contributed by atoms with Gasteiger partial charge < -0.3 is 19.5 Å². The molecule has 180 valence electrons. The van der Waals surface area contributed by atoms with E-state index in [0.29, 0.717) is 31.1 Å². The highest BCUT2D eigenvalue weighted by molar-refractivity contribution is 7.89. The molecule has 3 rings (SSSR count). The second kappa shape index (κ2) is 11.4. The van der Waals surface area contributed by atoms with E-state index < -0.39 is 15.9 Å². The topological polar surface area (TPSA) is 103 Å². The fraction of sp³-hybridized carbons (Fsp3) is 0.409. The Morgan fingerprint density at radius 1 is 1.12 bits per heavy atom. The van der Waals surface area contributed by atoms with Crippen LogP contribution in [0.5, 0.6) is 11.5 Å². The lowest BCUT2D eigenvalue weighted by atomic mass is 10.1. The van der Waals surface area contributed by atoms with Crippen LogP contribution in [0.4, 0.5) is 0 Å². The summed E-state index contributed by atoms with van der Waals surface area (Å²) >= 11 is 12.3. The molecule has 1 aliphatic heterocycles. The predicted octanol–water partition coefficient (Wildman–Crippen LogP) is 3.44. The quantitative estimate of drug-likeness (QED) is 0.501. The SMILES string of the molecule is COc1ccc(CCNC(=O)c2cc(S(=O)(=O)NCC3CCCO3)c(Cl)cc2Cl)cc1OC. The van der Waals surface area contributed by atoms with Gasteiger partial charge in [0.1, 0.15) is 4.90 Å². The Balaban J connectivity index is 1.67. The molecule has 0 spiro atoms. The molecule has 2 aromatic carbocycles. The van der Waals surface area contributed by atoms with Gasteiger partial charge in [0.15, 0.2) is 11.5 Å². The second-order valence-electron chi connectivity index (χ2n) is 7.44. The predicted molar refractivity (Wildman–Crippen MR) is 126 cm³/mol. The number of benzene rings is 2. The number of hydrogen-bond donors (Lipinski definition) is 2. The van der Waals surface area contributed by atoms with Crippen LogP contribution in [0, 0.1) is 0 Å². The van der Waals surface area contributed by atoms with Crippen molar-refractivity contribution in [3.63, 3.8) is 0 Å². The molecule has 1 saturated heterocycles. The van der Waals surface area contributed by atoms with Gasteiger partial charge >= 0.3 is 0 Å². The lowest BCUT2D eigenvalue weighted by molar-refractivity contribution is 0.0954. The molecule has 8 nitrogen and oxygen atoms in total. The summed E-state index contributed by atoms with van der Waals surface area (Å²) in [6, 6.07) is 7.92. The van der Waals surface area contributed by atoms with Crippen LogP contribution >= 0.6 is 23.2 Å².